The first-order valence-corrected chi connectivity index (χ1v) is 11.2. The van der Waals surface area contributed by atoms with Gasteiger partial charge in [-0.15, -0.1) is 0 Å². The highest BCUT2D eigenvalue weighted by molar-refractivity contribution is 5.87. The second-order valence-electron chi connectivity index (χ2n) is 8.18. The van der Waals surface area contributed by atoms with Crippen LogP contribution in [0.15, 0.2) is 88.1 Å². The van der Waals surface area contributed by atoms with Crippen molar-refractivity contribution < 1.29 is 23.5 Å². The first-order chi connectivity index (χ1) is 16.9. The van der Waals surface area contributed by atoms with E-state index in [1.807, 2.05) is 67.6 Å². The van der Waals surface area contributed by atoms with Crippen molar-refractivity contribution in [3.05, 3.63) is 112 Å². The highest BCUT2D eigenvalue weighted by atomic mass is 16.6. The summed E-state index contributed by atoms with van der Waals surface area (Å²) in [4.78, 5) is 37.5. The zero-order chi connectivity index (χ0) is 24.8. The quantitative estimate of drug-likeness (QED) is 0.235. The number of benzene rings is 3. The summed E-state index contributed by atoms with van der Waals surface area (Å²) in [6.45, 7) is 3.59. The van der Waals surface area contributed by atoms with Crippen molar-refractivity contribution in [3.63, 3.8) is 0 Å². The molecule has 0 aliphatic rings. The third-order valence-electron chi connectivity index (χ3n) is 5.60. The summed E-state index contributed by atoms with van der Waals surface area (Å²) in [7, 11) is 0. The lowest BCUT2D eigenvalue weighted by atomic mass is 10.1. The number of nitrogens with one attached hydrogen (secondary N) is 1. The van der Waals surface area contributed by atoms with Crippen LogP contribution >= 0.6 is 0 Å². The van der Waals surface area contributed by atoms with Crippen LogP contribution < -0.4 is 15.7 Å². The van der Waals surface area contributed by atoms with E-state index in [1.54, 1.807) is 19.1 Å². The average Bonchev–Trinajstić information content (AvgIpc) is 2.85. The first-order valence-electron chi connectivity index (χ1n) is 11.2. The Balaban J connectivity index is 1.53. The molecule has 0 aliphatic carbocycles. The Kier molecular flexibility index (Phi) is 7.26. The zero-order valence-electron chi connectivity index (χ0n) is 19.4. The molecule has 4 rings (SSSR count). The molecule has 7 nitrogen and oxygen atoms in total. The number of alkyl carbamates (subject to hydrolysis) is 1. The van der Waals surface area contributed by atoms with Crippen molar-refractivity contribution in [1.82, 2.24) is 5.32 Å². The van der Waals surface area contributed by atoms with Crippen molar-refractivity contribution in [2.75, 3.05) is 0 Å². The average molecular weight is 472 g/mol. The van der Waals surface area contributed by atoms with Crippen LogP contribution in [0, 0.1) is 13.8 Å². The molecule has 0 radical (unpaired) electrons. The molecule has 0 aliphatic heterocycles. The third kappa shape index (κ3) is 5.95. The van der Waals surface area contributed by atoms with E-state index >= 15 is 0 Å². The van der Waals surface area contributed by atoms with Gasteiger partial charge in [-0.25, -0.2) is 14.4 Å². The molecule has 3 aromatic carbocycles. The highest BCUT2D eigenvalue weighted by Crippen LogP contribution is 2.28. The standard InChI is InChI=1S/C28H25NO6/c1-18-15-25(30)35-26-19(2)24(14-13-22(18)26)34-27(31)23(16-20-9-5-3-6-10-20)29-28(32)33-17-21-11-7-4-8-12-21/h3-15,23H,16-17H2,1-2H3,(H,29,32)/t23-/m0/s1. The molecule has 1 heterocycles. The zero-order valence-corrected chi connectivity index (χ0v) is 19.4. The predicted octanol–water partition coefficient (Wildman–Crippen LogP) is 4.85. The number of hydrogen-bond donors (Lipinski definition) is 1. The second-order valence-corrected chi connectivity index (χ2v) is 8.18. The van der Waals surface area contributed by atoms with Gasteiger partial charge in [0, 0.05) is 23.4 Å². The molecule has 1 amide bonds. The number of fused-ring (bicyclic) bond motifs is 1. The fourth-order valence-electron chi connectivity index (χ4n) is 3.74. The van der Waals surface area contributed by atoms with Gasteiger partial charge >= 0.3 is 17.7 Å². The number of hydrogen-bond acceptors (Lipinski definition) is 6. The molecule has 1 N–H and O–H groups in total. The SMILES string of the molecule is Cc1cc(=O)oc2c(C)c(OC(=O)[C@H](Cc3ccccc3)NC(=O)OCc3ccccc3)ccc12. The normalized spacial score (nSPS) is 11.6. The van der Waals surface area contributed by atoms with Gasteiger partial charge in [0.1, 0.15) is 24.0 Å². The summed E-state index contributed by atoms with van der Waals surface area (Å²) >= 11 is 0. The minimum atomic E-state index is -1.000. The van der Waals surface area contributed by atoms with E-state index in [0.717, 1.165) is 22.1 Å². The van der Waals surface area contributed by atoms with Crippen LogP contribution in [0.2, 0.25) is 0 Å². The topological polar surface area (TPSA) is 94.8 Å². The van der Waals surface area contributed by atoms with Gasteiger partial charge in [0.25, 0.3) is 0 Å². The Morgan fingerprint density at radius 1 is 0.914 bits per heavy atom. The molecule has 0 bridgehead atoms. The largest absolute Gasteiger partial charge is 0.445 e. The van der Waals surface area contributed by atoms with Crippen molar-refractivity contribution in [2.45, 2.75) is 32.9 Å². The first kappa shape index (κ1) is 23.8. The van der Waals surface area contributed by atoms with Gasteiger partial charge in [-0.2, -0.15) is 0 Å². The Bertz CT molecular complexity index is 1400. The van der Waals surface area contributed by atoms with Gasteiger partial charge in [-0.1, -0.05) is 60.7 Å². The maximum Gasteiger partial charge on any atom is 0.408 e. The van der Waals surface area contributed by atoms with E-state index in [9.17, 15) is 14.4 Å². The smallest absolute Gasteiger partial charge is 0.408 e. The molecule has 1 aromatic heterocycles. The summed E-state index contributed by atoms with van der Waals surface area (Å²) in [6.07, 6.45) is -0.524. The van der Waals surface area contributed by atoms with E-state index in [0.29, 0.717) is 11.1 Å². The van der Waals surface area contributed by atoms with Gasteiger partial charge in [0.05, 0.1) is 0 Å². The summed E-state index contributed by atoms with van der Waals surface area (Å²) in [5, 5.41) is 3.38. The minimum Gasteiger partial charge on any atom is -0.445 e. The molecule has 0 saturated heterocycles. The molecule has 35 heavy (non-hydrogen) atoms. The Morgan fingerprint density at radius 3 is 2.26 bits per heavy atom. The fraction of sp³-hybridized carbons (Fsp3) is 0.179. The van der Waals surface area contributed by atoms with E-state index < -0.39 is 23.7 Å². The van der Waals surface area contributed by atoms with Gasteiger partial charge in [0.15, 0.2) is 0 Å². The van der Waals surface area contributed by atoms with Crippen LogP contribution in [-0.2, 0) is 22.6 Å². The Labute approximate surface area is 202 Å². The number of carbonyl (C=O) groups is 2. The molecule has 4 aromatic rings. The molecular formula is C28H25NO6. The van der Waals surface area contributed by atoms with Crippen LogP contribution in [0.1, 0.15) is 22.3 Å². The molecule has 178 valence electrons. The number of aryl methyl sites for hydroxylation is 2. The molecule has 0 fully saturated rings. The van der Waals surface area contributed by atoms with E-state index in [-0.39, 0.29) is 18.8 Å². The fourth-order valence-corrected chi connectivity index (χ4v) is 3.74. The molecule has 0 spiro atoms. The van der Waals surface area contributed by atoms with Crippen LogP contribution in [0.25, 0.3) is 11.0 Å². The van der Waals surface area contributed by atoms with Gasteiger partial charge in [-0.3, -0.25) is 0 Å². The predicted molar refractivity (Wildman–Crippen MR) is 131 cm³/mol. The summed E-state index contributed by atoms with van der Waals surface area (Å²) in [5.41, 5.74) is 2.83. The number of esters is 1. The monoisotopic (exact) mass is 471 g/mol. The Morgan fingerprint density at radius 2 is 1.57 bits per heavy atom. The number of rotatable bonds is 7. The van der Waals surface area contributed by atoms with Crippen molar-refractivity contribution in [1.29, 1.82) is 0 Å². The van der Waals surface area contributed by atoms with Crippen LogP contribution in [0.4, 0.5) is 4.79 Å². The van der Waals surface area contributed by atoms with E-state index in [1.165, 1.54) is 6.07 Å². The lowest BCUT2D eigenvalue weighted by Crippen LogP contribution is -2.44. The summed E-state index contributed by atoms with van der Waals surface area (Å²) in [5.74, 6) is -0.420. The van der Waals surface area contributed by atoms with Crippen LogP contribution in [0.5, 0.6) is 5.75 Å². The van der Waals surface area contributed by atoms with Crippen LogP contribution in [-0.4, -0.2) is 18.1 Å². The van der Waals surface area contributed by atoms with Gasteiger partial charge in [0.2, 0.25) is 0 Å². The van der Waals surface area contributed by atoms with Crippen LogP contribution in [0.3, 0.4) is 0 Å². The second kappa shape index (κ2) is 10.7. The lowest BCUT2D eigenvalue weighted by molar-refractivity contribution is -0.136. The molecule has 0 saturated carbocycles. The number of amides is 1. The third-order valence-corrected chi connectivity index (χ3v) is 5.60. The van der Waals surface area contributed by atoms with Gasteiger partial charge < -0.3 is 19.2 Å². The summed E-state index contributed by atoms with van der Waals surface area (Å²) < 4.78 is 16.3. The molecule has 7 heteroatoms. The maximum atomic E-state index is 13.2. The van der Waals surface area contributed by atoms with Crippen molar-refractivity contribution in [2.24, 2.45) is 0 Å². The number of ether oxygens (including phenoxy) is 2. The van der Waals surface area contributed by atoms with Gasteiger partial charge in [-0.05, 0) is 42.7 Å². The maximum absolute atomic E-state index is 13.2. The lowest BCUT2D eigenvalue weighted by Gasteiger charge is -2.18. The minimum absolute atomic E-state index is 0.0714. The summed E-state index contributed by atoms with van der Waals surface area (Å²) in [6, 6.07) is 22.3. The highest BCUT2D eigenvalue weighted by Gasteiger charge is 2.25. The number of carbonyl (C=O) groups excluding carboxylic acids is 2. The molecular weight excluding hydrogens is 446 g/mol. The van der Waals surface area contributed by atoms with Crippen molar-refractivity contribution >= 4 is 23.0 Å². The van der Waals surface area contributed by atoms with Crippen molar-refractivity contribution in [3.8, 4) is 5.75 Å². The van der Waals surface area contributed by atoms with E-state index in [4.69, 9.17) is 13.9 Å². The Hall–Kier alpha value is -4.39. The van der Waals surface area contributed by atoms with E-state index in [2.05, 4.69) is 5.32 Å². The molecule has 0 unspecified atom stereocenters. The molecule has 1 atom stereocenters.